The van der Waals surface area contributed by atoms with Gasteiger partial charge in [0.05, 0.1) is 8.99 Å². The molecular weight excluding hydrogens is 498 g/mol. The molecule has 0 saturated carbocycles. The Morgan fingerprint density at radius 2 is 1.90 bits per heavy atom. The van der Waals surface area contributed by atoms with Crippen molar-refractivity contribution < 1.29 is 19.0 Å². The second-order valence-corrected chi connectivity index (χ2v) is 7.86. The highest BCUT2D eigenvalue weighted by Gasteiger charge is 2.23. The second kappa shape index (κ2) is 8.52. The van der Waals surface area contributed by atoms with Crippen LogP contribution in [0.5, 0.6) is 5.75 Å². The zero-order valence-electron chi connectivity index (χ0n) is 12.7. The molecule has 0 spiro atoms. The predicted octanol–water partition coefficient (Wildman–Crippen LogP) is 4.36. The number of halogens is 2. The Balaban J connectivity index is 2.86. The van der Waals surface area contributed by atoms with Crippen molar-refractivity contribution in [2.24, 2.45) is 5.41 Å². The van der Waals surface area contributed by atoms with Gasteiger partial charge in [0.2, 0.25) is 0 Å². The lowest BCUT2D eigenvalue weighted by Gasteiger charge is -2.18. The number of hydrogen-bond donors (Lipinski definition) is 0. The molecule has 0 radical (unpaired) electrons. The van der Waals surface area contributed by atoms with Crippen LogP contribution in [0, 0.1) is 12.6 Å². The maximum atomic E-state index is 11.9. The van der Waals surface area contributed by atoms with Crippen molar-refractivity contribution in [2.75, 3.05) is 13.4 Å². The molecule has 1 aromatic carbocycles. The first kappa shape index (κ1) is 19.0. The molecule has 0 bridgehead atoms. The molecule has 0 atom stereocenters. The first-order valence-corrected chi connectivity index (χ1v) is 8.77. The van der Waals surface area contributed by atoms with Gasteiger partial charge < -0.3 is 14.2 Å². The highest BCUT2D eigenvalue weighted by molar-refractivity contribution is 14.1. The lowest BCUT2D eigenvalue weighted by Crippen LogP contribution is -2.23. The fraction of sp³-hybridized carbons (Fsp3) is 0.533. The van der Waals surface area contributed by atoms with E-state index in [9.17, 15) is 4.79 Å². The van der Waals surface area contributed by atoms with Crippen molar-refractivity contribution in [3.05, 3.63) is 24.8 Å². The number of hydrogen-bond acceptors (Lipinski definition) is 4. The van der Waals surface area contributed by atoms with Gasteiger partial charge in [-0.2, -0.15) is 0 Å². The molecule has 0 unspecified atom stereocenters. The molecule has 0 aliphatic heterocycles. The van der Waals surface area contributed by atoms with Crippen molar-refractivity contribution in [3.63, 3.8) is 0 Å². The molecule has 0 N–H and O–H groups in total. The molecular formula is C15H20I2O4. The summed E-state index contributed by atoms with van der Waals surface area (Å²) < 4.78 is 18.3. The molecule has 1 aromatic rings. The zero-order valence-corrected chi connectivity index (χ0v) is 17.0. The summed E-state index contributed by atoms with van der Waals surface area (Å²) >= 11 is 4.44. The largest absolute Gasteiger partial charge is 0.466 e. The third kappa shape index (κ3) is 6.27. The van der Waals surface area contributed by atoms with Gasteiger partial charge in [0, 0.05) is 15.7 Å². The maximum absolute atomic E-state index is 11.9. The van der Waals surface area contributed by atoms with Crippen molar-refractivity contribution in [1.82, 2.24) is 0 Å². The quantitative estimate of drug-likeness (QED) is 0.243. The van der Waals surface area contributed by atoms with Crippen molar-refractivity contribution in [1.29, 1.82) is 0 Å². The number of ether oxygens (including phenoxy) is 3. The summed E-state index contributed by atoms with van der Waals surface area (Å²) in [4.78, 5) is 11.9. The van der Waals surface area contributed by atoms with Gasteiger partial charge in [-0.1, -0.05) is 0 Å². The molecule has 21 heavy (non-hydrogen) atoms. The summed E-state index contributed by atoms with van der Waals surface area (Å²) in [5, 5.41) is 0. The molecule has 4 nitrogen and oxygen atoms in total. The summed E-state index contributed by atoms with van der Waals surface area (Å²) in [6.45, 7) is 8.39. The minimum atomic E-state index is -0.512. The smallest absolute Gasteiger partial charge is 0.311 e. The Bertz CT molecular complexity index is 495. The van der Waals surface area contributed by atoms with Crippen LogP contribution >= 0.6 is 45.2 Å². The van der Waals surface area contributed by atoms with E-state index in [2.05, 4.69) is 45.2 Å². The van der Waals surface area contributed by atoms with Gasteiger partial charge in [0.15, 0.2) is 6.79 Å². The summed E-state index contributed by atoms with van der Waals surface area (Å²) in [7, 11) is 0. The monoisotopic (exact) mass is 518 g/mol. The van der Waals surface area contributed by atoms with E-state index < -0.39 is 5.41 Å². The molecule has 0 aromatic heterocycles. The molecule has 1 rings (SSSR count). The number of rotatable bonds is 6. The molecule has 6 heteroatoms. The number of benzene rings is 1. The molecule has 0 fully saturated rings. The minimum absolute atomic E-state index is 0.188. The van der Waals surface area contributed by atoms with Crippen LogP contribution in [0.25, 0.3) is 0 Å². The highest BCUT2D eigenvalue weighted by atomic mass is 127. The van der Waals surface area contributed by atoms with E-state index >= 15 is 0 Å². The summed E-state index contributed by atoms with van der Waals surface area (Å²) in [6, 6.07) is 3.97. The molecule has 0 aliphatic carbocycles. The Kier molecular flexibility index (Phi) is 7.69. The average Bonchev–Trinajstić information content (AvgIpc) is 2.37. The van der Waals surface area contributed by atoms with Gasteiger partial charge in [0.25, 0.3) is 0 Å². The van der Waals surface area contributed by atoms with E-state index in [0.717, 1.165) is 12.7 Å². The topological polar surface area (TPSA) is 44.8 Å². The van der Waals surface area contributed by atoms with Crippen LogP contribution < -0.4 is 4.74 Å². The molecule has 0 aliphatic rings. The van der Waals surface area contributed by atoms with Crippen molar-refractivity contribution in [2.45, 2.75) is 34.3 Å². The van der Waals surface area contributed by atoms with E-state index in [1.165, 1.54) is 0 Å². The normalized spacial score (nSPS) is 11.3. The Labute approximate surface area is 153 Å². The fourth-order valence-corrected chi connectivity index (χ4v) is 3.55. The third-order valence-corrected chi connectivity index (χ3v) is 3.97. The SMILES string of the molecule is CCOCOc1c(I)cc(I)cc1COC(=O)C(C)(C)C. The number of carbonyl (C=O) groups excluding carboxylic acids is 1. The Morgan fingerprint density at radius 1 is 1.24 bits per heavy atom. The highest BCUT2D eigenvalue weighted by Crippen LogP contribution is 2.29. The van der Waals surface area contributed by atoms with Gasteiger partial charge in [-0.3, -0.25) is 4.79 Å². The number of carbonyl (C=O) groups is 1. The Morgan fingerprint density at radius 3 is 2.48 bits per heavy atom. The summed E-state index contributed by atoms with van der Waals surface area (Å²) in [5.74, 6) is 0.485. The van der Waals surface area contributed by atoms with E-state index in [-0.39, 0.29) is 19.4 Å². The Hall–Kier alpha value is -0.0900. The second-order valence-electron chi connectivity index (χ2n) is 5.46. The maximum Gasteiger partial charge on any atom is 0.311 e. The zero-order chi connectivity index (χ0) is 16.0. The molecule has 0 amide bonds. The van der Waals surface area contributed by atoms with Crippen LogP contribution in [0.4, 0.5) is 0 Å². The van der Waals surface area contributed by atoms with E-state index in [0.29, 0.717) is 12.4 Å². The predicted molar refractivity (Wildman–Crippen MR) is 98.2 cm³/mol. The van der Waals surface area contributed by atoms with Crippen LogP contribution in [0.3, 0.4) is 0 Å². The first-order valence-electron chi connectivity index (χ1n) is 6.61. The van der Waals surface area contributed by atoms with E-state index in [4.69, 9.17) is 14.2 Å². The van der Waals surface area contributed by atoms with Crippen molar-refractivity contribution >= 4 is 51.2 Å². The third-order valence-electron chi connectivity index (χ3n) is 2.55. The first-order chi connectivity index (χ1) is 9.75. The lowest BCUT2D eigenvalue weighted by atomic mass is 9.97. The van der Waals surface area contributed by atoms with Crippen LogP contribution in [-0.4, -0.2) is 19.4 Å². The molecule has 118 valence electrons. The average molecular weight is 518 g/mol. The van der Waals surface area contributed by atoms with Crippen LogP contribution in [0.1, 0.15) is 33.3 Å². The van der Waals surface area contributed by atoms with Crippen LogP contribution in [-0.2, 0) is 20.9 Å². The molecule has 0 saturated heterocycles. The fourth-order valence-electron chi connectivity index (χ4n) is 1.43. The lowest BCUT2D eigenvalue weighted by molar-refractivity contribution is -0.154. The van der Waals surface area contributed by atoms with Gasteiger partial charge in [0.1, 0.15) is 12.4 Å². The summed E-state index contributed by atoms with van der Waals surface area (Å²) in [6.07, 6.45) is 0. The number of esters is 1. The van der Waals surface area contributed by atoms with Gasteiger partial charge >= 0.3 is 5.97 Å². The summed E-state index contributed by atoms with van der Waals surface area (Å²) in [5.41, 5.74) is 0.338. The van der Waals surface area contributed by atoms with Gasteiger partial charge in [-0.15, -0.1) is 0 Å². The molecule has 0 heterocycles. The van der Waals surface area contributed by atoms with Crippen LogP contribution in [0.2, 0.25) is 0 Å². The standard InChI is InChI=1S/C15H20I2O4/c1-5-19-9-21-13-10(6-11(16)7-12(13)17)8-20-14(18)15(2,3)4/h6-7H,5,8-9H2,1-4H3. The van der Waals surface area contributed by atoms with Gasteiger partial charge in [-0.05, 0) is 85.0 Å². The minimum Gasteiger partial charge on any atom is -0.466 e. The van der Waals surface area contributed by atoms with Gasteiger partial charge in [-0.25, -0.2) is 0 Å². The van der Waals surface area contributed by atoms with E-state index in [1.54, 1.807) is 0 Å². The van der Waals surface area contributed by atoms with E-state index in [1.807, 2.05) is 39.8 Å². The van der Waals surface area contributed by atoms with Crippen LogP contribution in [0.15, 0.2) is 12.1 Å². The van der Waals surface area contributed by atoms with Crippen molar-refractivity contribution in [3.8, 4) is 5.75 Å².